The Balaban J connectivity index is 1.80. The lowest BCUT2D eigenvalue weighted by Gasteiger charge is -2.19. The van der Waals surface area contributed by atoms with Crippen LogP contribution in [-0.4, -0.2) is 38.6 Å². The topological polar surface area (TPSA) is 53.6 Å². The number of benzene rings is 1. The van der Waals surface area contributed by atoms with Crippen molar-refractivity contribution in [3.63, 3.8) is 0 Å². The van der Waals surface area contributed by atoms with Crippen molar-refractivity contribution in [2.24, 2.45) is 5.92 Å². The summed E-state index contributed by atoms with van der Waals surface area (Å²) in [6.45, 7) is 2.18. The van der Waals surface area contributed by atoms with Crippen LogP contribution in [0.1, 0.15) is 6.42 Å². The van der Waals surface area contributed by atoms with Crippen LogP contribution >= 0.6 is 0 Å². The Morgan fingerprint density at radius 3 is 2.67 bits per heavy atom. The fourth-order valence-corrected chi connectivity index (χ4v) is 2.52. The average molecular weight is 341 g/mol. The molecule has 130 valence electrons. The van der Waals surface area contributed by atoms with E-state index >= 15 is 0 Å². The summed E-state index contributed by atoms with van der Waals surface area (Å²) in [4.78, 5) is 13.5. The highest BCUT2D eigenvalue weighted by Crippen LogP contribution is 2.28. The summed E-state index contributed by atoms with van der Waals surface area (Å²) in [6.07, 6.45) is 1.25. The summed E-state index contributed by atoms with van der Waals surface area (Å²) in [5, 5.41) is 5.27. The van der Waals surface area contributed by atoms with Crippen molar-refractivity contribution >= 4 is 11.7 Å². The maximum absolute atomic E-state index is 12.1. The van der Waals surface area contributed by atoms with Crippen LogP contribution in [0.5, 0.6) is 5.75 Å². The summed E-state index contributed by atoms with van der Waals surface area (Å²) >= 11 is 0. The molecule has 2 amide bonds. The monoisotopic (exact) mass is 341 g/mol. The first kappa shape index (κ1) is 17.8. The molecule has 24 heavy (non-hydrogen) atoms. The van der Waals surface area contributed by atoms with E-state index in [4.69, 9.17) is 6.42 Å². The van der Waals surface area contributed by atoms with E-state index in [1.165, 1.54) is 12.1 Å². The van der Waals surface area contributed by atoms with Crippen molar-refractivity contribution in [3.8, 4) is 18.1 Å². The van der Waals surface area contributed by atoms with E-state index in [9.17, 15) is 18.0 Å². The Bertz CT molecular complexity index is 596. The summed E-state index contributed by atoms with van der Waals surface area (Å²) < 4.78 is 40.3. The van der Waals surface area contributed by atoms with Gasteiger partial charge in [0, 0.05) is 25.3 Å². The summed E-state index contributed by atoms with van der Waals surface area (Å²) in [6, 6.07) is 5.47. The molecule has 1 atom stereocenters. The van der Waals surface area contributed by atoms with Crippen LogP contribution < -0.4 is 20.3 Å². The van der Waals surface area contributed by atoms with E-state index in [0.717, 1.165) is 25.2 Å². The van der Waals surface area contributed by atoms with Gasteiger partial charge in [-0.2, -0.15) is 0 Å². The number of terminal acetylenes is 1. The number of rotatable bonds is 5. The van der Waals surface area contributed by atoms with Crippen LogP contribution in [-0.2, 0) is 0 Å². The molecule has 1 aromatic rings. The molecule has 0 aromatic heterocycles. The Morgan fingerprint density at radius 1 is 1.33 bits per heavy atom. The maximum atomic E-state index is 12.1. The SMILES string of the molecule is C#CCNC(=O)NC[C@H]1CCN(c2ccc(OC(F)(F)F)cc2)C1. The zero-order valence-electron chi connectivity index (χ0n) is 12.9. The minimum atomic E-state index is -4.69. The number of amides is 2. The first-order valence-electron chi connectivity index (χ1n) is 7.43. The van der Waals surface area contributed by atoms with Gasteiger partial charge in [-0.15, -0.1) is 19.6 Å². The highest BCUT2D eigenvalue weighted by Gasteiger charge is 2.31. The molecule has 0 aliphatic carbocycles. The van der Waals surface area contributed by atoms with Crippen LogP contribution in [0.25, 0.3) is 0 Å². The Morgan fingerprint density at radius 2 is 2.04 bits per heavy atom. The van der Waals surface area contributed by atoms with Gasteiger partial charge in [0.25, 0.3) is 0 Å². The van der Waals surface area contributed by atoms with Crippen molar-refractivity contribution in [2.45, 2.75) is 12.8 Å². The number of halogens is 3. The predicted molar refractivity (Wildman–Crippen MR) is 83.7 cm³/mol. The zero-order valence-corrected chi connectivity index (χ0v) is 12.9. The molecule has 0 spiro atoms. The fourth-order valence-electron chi connectivity index (χ4n) is 2.52. The van der Waals surface area contributed by atoms with E-state index in [0.29, 0.717) is 6.54 Å². The third kappa shape index (κ3) is 5.57. The molecule has 0 saturated carbocycles. The van der Waals surface area contributed by atoms with Crippen molar-refractivity contribution in [1.82, 2.24) is 10.6 Å². The van der Waals surface area contributed by atoms with E-state index in [2.05, 4.69) is 26.2 Å². The first-order valence-corrected chi connectivity index (χ1v) is 7.43. The van der Waals surface area contributed by atoms with Gasteiger partial charge in [0.15, 0.2) is 0 Å². The van der Waals surface area contributed by atoms with Gasteiger partial charge >= 0.3 is 12.4 Å². The van der Waals surface area contributed by atoms with Crippen molar-refractivity contribution in [3.05, 3.63) is 24.3 Å². The predicted octanol–water partition coefficient (Wildman–Crippen LogP) is 2.34. The number of hydrogen-bond acceptors (Lipinski definition) is 3. The van der Waals surface area contributed by atoms with Crippen LogP contribution in [0, 0.1) is 18.3 Å². The molecule has 1 aliphatic rings. The second-order valence-electron chi connectivity index (χ2n) is 5.41. The van der Waals surface area contributed by atoms with Gasteiger partial charge in [-0.3, -0.25) is 0 Å². The van der Waals surface area contributed by atoms with Gasteiger partial charge in [0.1, 0.15) is 5.75 Å². The Hall–Kier alpha value is -2.56. The Labute approximate surface area is 138 Å². The van der Waals surface area contributed by atoms with E-state index in [1.54, 1.807) is 12.1 Å². The molecule has 0 radical (unpaired) electrons. The van der Waals surface area contributed by atoms with Crippen molar-refractivity contribution < 1.29 is 22.7 Å². The molecule has 2 rings (SSSR count). The number of nitrogens with one attached hydrogen (secondary N) is 2. The maximum Gasteiger partial charge on any atom is 0.573 e. The number of alkyl halides is 3. The Kier molecular flexibility index (Phi) is 5.79. The molecule has 8 heteroatoms. The van der Waals surface area contributed by atoms with E-state index in [-0.39, 0.29) is 24.2 Å². The second-order valence-corrected chi connectivity index (χ2v) is 5.41. The number of urea groups is 1. The number of anilines is 1. The second kappa shape index (κ2) is 7.81. The van der Waals surface area contributed by atoms with Crippen LogP contribution in [0.4, 0.5) is 23.7 Å². The summed E-state index contributed by atoms with van der Waals surface area (Å²) in [5.74, 6) is 2.34. The average Bonchev–Trinajstić information content (AvgIpc) is 2.99. The van der Waals surface area contributed by atoms with Gasteiger partial charge < -0.3 is 20.3 Å². The molecule has 0 bridgehead atoms. The van der Waals surface area contributed by atoms with Crippen molar-refractivity contribution in [1.29, 1.82) is 0 Å². The summed E-state index contributed by atoms with van der Waals surface area (Å²) in [7, 11) is 0. The third-order valence-corrected chi connectivity index (χ3v) is 3.62. The largest absolute Gasteiger partial charge is 0.573 e. The van der Waals surface area contributed by atoms with Gasteiger partial charge in [-0.25, -0.2) is 4.79 Å². The molecule has 1 aliphatic heterocycles. The molecule has 5 nitrogen and oxygen atoms in total. The van der Waals surface area contributed by atoms with Gasteiger partial charge in [-0.05, 0) is 36.6 Å². The highest BCUT2D eigenvalue weighted by molar-refractivity contribution is 5.74. The highest BCUT2D eigenvalue weighted by atomic mass is 19.4. The molecular formula is C16H18F3N3O2. The number of hydrogen-bond donors (Lipinski definition) is 2. The first-order chi connectivity index (χ1) is 11.4. The lowest BCUT2D eigenvalue weighted by molar-refractivity contribution is -0.274. The van der Waals surface area contributed by atoms with E-state index < -0.39 is 6.36 Å². The standard InChI is InChI=1S/C16H18F3N3O2/c1-2-8-20-15(23)21-10-12-7-9-22(11-12)13-3-5-14(6-4-13)24-16(17,18)19/h1,3-6,12H,7-11H2,(H2,20,21,23)/t12-/m1/s1. The number of nitrogens with zero attached hydrogens (tertiary/aromatic N) is 1. The third-order valence-electron chi connectivity index (χ3n) is 3.62. The van der Waals surface area contributed by atoms with Crippen LogP contribution in [0.2, 0.25) is 0 Å². The number of carbonyl (C=O) groups excluding carboxylic acids is 1. The smallest absolute Gasteiger partial charge is 0.406 e. The fraction of sp³-hybridized carbons (Fsp3) is 0.438. The minimum Gasteiger partial charge on any atom is -0.406 e. The van der Waals surface area contributed by atoms with E-state index in [1.807, 2.05) is 0 Å². The molecule has 0 unspecified atom stereocenters. The molecule has 1 aromatic carbocycles. The molecule has 1 saturated heterocycles. The quantitative estimate of drug-likeness (QED) is 0.809. The lowest BCUT2D eigenvalue weighted by Crippen LogP contribution is -2.38. The molecular weight excluding hydrogens is 323 g/mol. The molecule has 1 fully saturated rings. The lowest BCUT2D eigenvalue weighted by atomic mass is 10.1. The zero-order chi connectivity index (χ0) is 17.6. The van der Waals surface area contributed by atoms with Crippen LogP contribution in [0.15, 0.2) is 24.3 Å². The van der Waals surface area contributed by atoms with Crippen LogP contribution in [0.3, 0.4) is 0 Å². The van der Waals surface area contributed by atoms with Gasteiger partial charge in [-0.1, -0.05) is 5.92 Å². The normalized spacial score (nSPS) is 17.2. The molecule has 1 heterocycles. The van der Waals surface area contributed by atoms with Gasteiger partial charge in [0.2, 0.25) is 0 Å². The number of ether oxygens (including phenoxy) is 1. The summed E-state index contributed by atoms with van der Waals surface area (Å²) in [5.41, 5.74) is 0.823. The number of carbonyl (C=O) groups is 1. The van der Waals surface area contributed by atoms with Crippen molar-refractivity contribution in [2.75, 3.05) is 31.1 Å². The van der Waals surface area contributed by atoms with Gasteiger partial charge in [0.05, 0.1) is 6.54 Å². The molecule has 2 N–H and O–H groups in total. The minimum absolute atomic E-state index is 0.176.